The van der Waals surface area contributed by atoms with E-state index in [0.717, 1.165) is 5.69 Å². The predicted molar refractivity (Wildman–Crippen MR) is 58.3 cm³/mol. The van der Waals surface area contributed by atoms with Gasteiger partial charge in [0.15, 0.2) is 0 Å². The summed E-state index contributed by atoms with van der Waals surface area (Å²) in [5.74, 6) is 0. The molecule has 0 aliphatic heterocycles. The molecule has 0 saturated heterocycles. The van der Waals surface area contributed by atoms with Crippen molar-refractivity contribution in [3.63, 3.8) is 0 Å². The van der Waals surface area contributed by atoms with Crippen molar-refractivity contribution in [2.24, 2.45) is 0 Å². The summed E-state index contributed by atoms with van der Waals surface area (Å²) in [5, 5.41) is 23.1. The lowest BCUT2D eigenvalue weighted by molar-refractivity contribution is 0.789. The van der Waals surface area contributed by atoms with Crippen LogP contribution >= 0.6 is 11.6 Å². The van der Waals surface area contributed by atoms with Crippen LogP contribution in [0.3, 0.4) is 0 Å². The van der Waals surface area contributed by atoms with Crippen molar-refractivity contribution in [1.29, 1.82) is 0 Å². The summed E-state index contributed by atoms with van der Waals surface area (Å²) in [5.41, 5.74) is 0.854. The first kappa shape index (κ1) is 11.1. The Morgan fingerprint density at radius 3 is 2.41 bits per heavy atom. The number of nitrogens with zero attached hydrogens (tertiary/aromatic N) is 7. The Morgan fingerprint density at radius 1 is 1.12 bits per heavy atom. The number of benzene rings is 1. The van der Waals surface area contributed by atoms with E-state index in [9.17, 15) is 0 Å². The molecule has 0 aliphatic carbocycles. The van der Waals surface area contributed by atoms with Crippen LogP contribution in [0.2, 0.25) is 5.28 Å². The van der Waals surface area contributed by atoms with Gasteiger partial charge in [0.1, 0.15) is 6.33 Å². The second-order valence-electron chi connectivity index (χ2n) is 2.76. The number of aromatic amines is 1. The molecule has 3 rings (SSSR count). The van der Waals surface area contributed by atoms with Gasteiger partial charge in [0.05, 0.1) is 5.69 Å². The standard InChI is InChI=1S/C7H5ClN4.CH2N4/c8-7-9-10-11-12(7)6-4-2-1-3-5-6;1-2-4-5-3-1/h1-5H;1H,(H,2,3,4,5). The van der Waals surface area contributed by atoms with Crippen LogP contribution in [-0.2, 0) is 0 Å². The molecule has 1 N–H and O–H groups in total. The number of H-pyrrole nitrogens is 1. The molecule has 0 saturated carbocycles. The highest BCUT2D eigenvalue weighted by Gasteiger charge is 2.02. The van der Waals surface area contributed by atoms with Gasteiger partial charge in [-0.2, -0.15) is 4.68 Å². The van der Waals surface area contributed by atoms with Crippen LogP contribution < -0.4 is 0 Å². The summed E-state index contributed by atoms with van der Waals surface area (Å²) in [6, 6.07) is 9.47. The van der Waals surface area contributed by atoms with Crippen LogP contribution in [-0.4, -0.2) is 40.8 Å². The molecule has 0 atom stereocenters. The molecule has 1 aromatic carbocycles. The Hall–Kier alpha value is -2.35. The molecule has 8 nitrogen and oxygen atoms in total. The molecule has 0 radical (unpaired) electrons. The van der Waals surface area contributed by atoms with Gasteiger partial charge in [-0.05, 0) is 44.6 Å². The number of hydrogen-bond acceptors (Lipinski definition) is 6. The molecule has 9 heteroatoms. The van der Waals surface area contributed by atoms with Crippen LogP contribution in [0.15, 0.2) is 36.7 Å². The molecule has 0 spiro atoms. The van der Waals surface area contributed by atoms with Gasteiger partial charge in [-0.1, -0.05) is 23.3 Å². The maximum absolute atomic E-state index is 5.70. The van der Waals surface area contributed by atoms with E-state index in [1.54, 1.807) is 0 Å². The molecule has 0 fully saturated rings. The Labute approximate surface area is 101 Å². The molecule has 3 aromatic rings. The largest absolute Gasteiger partial charge is 0.247 e. The third kappa shape index (κ3) is 3.05. The average molecular weight is 251 g/mol. The van der Waals surface area contributed by atoms with Crippen molar-refractivity contribution < 1.29 is 0 Å². The fourth-order valence-corrected chi connectivity index (χ4v) is 1.20. The van der Waals surface area contributed by atoms with Crippen LogP contribution in [0.25, 0.3) is 5.69 Å². The van der Waals surface area contributed by atoms with Crippen molar-refractivity contribution in [2.45, 2.75) is 0 Å². The van der Waals surface area contributed by atoms with Crippen LogP contribution in [0, 0.1) is 0 Å². The Kier molecular flexibility index (Phi) is 3.71. The fourth-order valence-electron chi connectivity index (χ4n) is 1.03. The summed E-state index contributed by atoms with van der Waals surface area (Å²) in [7, 11) is 0. The third-order valence-corrected chi connectivity index (χ3v) is 1.94. The minimum Gasteiger partial charge on any atom is -0.246 e. The molecule has 0 amide bonds. The number of nitrogens with one attached hydrogen (secondary N) is 1. The summed E-state index contributed by atoms with van der Waals surface area (Å²) < 4.78 is 1.46. The van der Waals surface area contributed by atoms with Gasteiger partial charge in [0.25, 0.3) is 0 Å². The zero-order valence-electron chi connectivity index (χ0n) is 8.47. The van der Waals surface area contributed by atoms with E-state index in [0.29, 0.717) is 0 Å². The van der Waals surface area contributed by atoms with E-state index in [4.69, 9.17) is 11.6 Å². The minimum absolute atomic E-state index is 0.265. The third-order valence-electron chi connectivity index (χ3n) is 1.70. The topological polar surface area (TPSA) is 98.1 Å². The number of rotatable bonds is 1. The zero-order valence-corrected chi connectivity index (χ0v) is 9.23. The highest BCUT2D eigenvalue weighted by atomic mass is 35.5. The van der Waals surface area contributed by atoms with Gasteiger partial charge < -0.3 is 0 Å². The summed E-state index contributed by atoms with van der Waals surface area (Å²) in [6.07, 6.45) is 1.40. The quantitative estimate of drug-likeness (QED) is 0.676. The van der Waals surface area contributed by atoms with E-state index >= 15 is 0 Å². The Balaban J connectivity index is 0.000000181. The molecular formula is C8H7ClN8. The lowest BCUT2D eigenvalue weighted by atomic mass is 10.3. The van der Waals surface area contributed by atoms with Gasteiger partial charge in [-0.3, -0.25) is 0 Å². The normalized spacial score (nSPS) is 9.47. The van der Waals surface area contributed by atoms with E-state index in [1.807, 2.05) is 30.3 Å². The molecular weight excluding hydrogens is 244 g/mol. The van der Waals surface area contributed by atoms with E-state index in [1.165, 1.54) is 11.0 Å². The van der Waals surface area contributed by atoms with E-state index < -0.39 is 0 Å². The van der Waals surface area contributed by atoms with Crippen molar-refractivity contribution in [1.82, 2.24) is 40.8 Å². The molecule has 0 unspecified atom stereocenters. The first-order valence-electron chi connectivity index (χ1n) is 4.54. The zero-order chi connectivity index (χ0) is 11.9. The predicted octanol–water partition coefficient (Wildman–Crippen LogP) is 0.515. The SMILES string of the molecule is Clc1nnnn1-c1ccccc1.c1nnn[nH]1. The Morgan fingerprint density at radius 2 is 1.94 bits per heavy atom. The van der Waals surface area contributed by atoms with Crippen molar-refractivity contribution >= 4 is 11.6 Å². The molecule has 2 aromatic heterocycles. The van der Waals surface area contributed by atoms with Gasteiger partial charge in [-0.15, -0.1) is 5.10 Å². The first-order chi connectivity index (χ1) is 8.38. The Bertz CT molecular complexity index is 516. The maximum Gasteiger partial charge on any atom is 0.247 e. The number of halogens is 1. The maximum atomic E-state index is 5.70. The van der Waals surface area contributed by atoms with Gasteiger partial charge in [0.2, 0.25) is 5.28 Å². The molecule has 0 aliphatic rings. The van der Waals surface area contributed by atoms with Crippen molar-refractivity contribution in [3.05, 3.63) is 41.9 Å². The first-order valence-corrected chi connectivity index (χ1v) is 4.92. The lowest BCUT2D eigenvalue weighted by Crippen LogP contribution is -1.95. The van der Waals surface area contributed by atoms with Crippen molar-refractivity contribution in [3.8, 4) is 5.69 Å². The minimum atomic E-state index is 0.265. The number of aromatic nitrogens is 8. The fraction of sp³-hybridized carbons (Fsp3) is 0. The van der Waals surface area contributed by atoms with Crippen LogP contribution in [0.1, 0.15) is 0 Å². The van der Waals surface area contributed by atoms with Crippen LogP contribution in [0.5, 0.6) is 0 Å². The van der Waals surface area contributed by atoms with E-state index in [2.05, 4.69) is 36.1 Å². The second kappa shape index (κ2) is 5.66. The summed E-state index contributed by atoms with van der Waals surface area (Å²) >= 11 is 5.70. The molecule has 86 valence electrons. The molecule has 17 heavy (non-hydrogen) atoms. The van der Waals surface area contributed by atoms with Gasteiger partial charge in [0, 0.05) is 0 Å². The number of hydrogen-bond donors (Lipinski definition) is 1. The highest BCUT2D eigenvalue weighted by molar-refractivity contribution is 6.28. The summed E-state index contributed by atoms with van der Waals surface area (Å²) in [4.78, 5) is 0. The van der Waals surface area contributed by atoms with E-state index in [-0.39, 0.29) is 5.28 Å². The van der Waals surface area contributed by atoms with Gasteiger partial charge in [-0.25, -0.2) is 5.10 Å². The second-order valence-corrected chi connectivity index (χ2v) is 3.10. The van der Waals surface area contributed by atoms with Gasteiger partial charge >= 0.3 is 0 Å². The smallest absolute Gasteiger partial charge is 0.246 e. The average Bonchev–Trinajstić information content (AvgIpc) is 3.03. The highest BCUT2D eigenvalue weighted by Crippen LogP contribution is 2.09. The number of para-hydroxylation sites is 1. The van der Waals surface area contributed by atoms with Crippen LogP contribution in [0.4, 0.5) is 0 Å². The monoisotopic (exact) mass is 250 g/mol. The summed E-state index contributed by atoms with van der Waals surface area (Å²) in [6.45, 7) is 0. The lowest BCUT2D eigenvalue weighted by Gasteiger charge is -1.97. The number of tetrazole rings is 2. The molecule has 2 heterocycles. The molecule has 0 bridgehead atoms. The van der Waals surface area contributed by atoms with Crippen molar-refractivity contribution in [2.75, 3.05) is 0 Å².